The van der Waals surface area contributed by atoms with Crippen molar-refractivity contribution < 1.29 is 28.9 Å². The highest BCUT2D eigenvalue weighted by molar-refractivity contribution is 5.91. The molecule has 0 aromatic carbocycles. The minimum Gasteiger partial charge on any atom is -0.461 e. The normalized spacial score (nSPS) is 53.2. The van der Waals surface area contributed by atoms with E-state index in [9.17, 15) is 14.7 Å². The smallest absolute Gasteiger partial charge is 0.334 e. The molecule has 5 fully saturated rings. The summed E-state index contributed by atoms with van der Waals surface area (Å²) in [6.07, 6.45) is 6.06. The summed E-state index contributed by atoms with van der Waals surface area (Å²) >= 11 is 0. The van der Waals surface area contributed by atoms with Crippen molar-refractivity contribution in [1.29, 1.82) is 0 Å². The van der Waals surface area contributed by atoms with Gasteiger partial charge in [-0.05, 0) is 63.4 Å². The van der Waals surface area contributed by atoms with Crippen LogP contribution in [0.5, 0.6) is 0 Å². The van der Waals surface area contributed by atoms with E-state index in [2.05, 4.69) is 40.3 Å². The summed E-state index contributed by atoms with van der Waals surface area (Å²) in [7, 11) is 0. The lowest BCUT2D eigenvalue weighted by molar-refractivity contribution is -0.152. The maximum Gasteiger partial charge on any atom is 0.334 e. The van der Waals surface area contributed by atoms with E-state index in [-0.39, 0.29) is 47.8 Å². The van der Waals surface area contributed by atoms with Crippen molar-refractivity contribution in [2.75, 3.05) is 6.61 Å². The second-order valence-electron chi connectivity index (χ2n) is 13.2. The van der Waals surface area contributed by atoms with Crippen molar-refractivity contribution in [3.63, 3.8) is 0 Å². The number of ether oxygens (including phenoxy) is 3. The lowest BCUT2D eigenvalue weighted by Crippen LogP contribution is -2.47. The van der Waals surface area contributed by atoms with Crippen molar-refractivity contribution >= 4 is 11.9 Å². The van der Waals surface area contributed by atoms with Gasteiger partial charge in [-0.3, -0.25) is 4.79 Å². The average Bonchev–Trinajstić information content (AvgIpc) is 3.33. The van der Waals surface area contributed by atoms with Crippen molar-refractivity contribution in [2.45, 2.75) is 90.1 Å². The zero-order chi connectivity index (χ0) is 25.4. The van der Waals surface area contributed by atoms with Crippen LogP contribution in [0.3, 0.4) is 0 Å². The predicted molar refractivity (Wildman–Crippen MR) is 131 cm³/mol. The number of carbonyl (C=O) groups excluding carboxylic acids is 2. The second-order valence-corrected chi connectivity index (χ2v) is 13.2. The van der Waals surface area contributed by atoms with Crippen LogP contribution in [0.25, 0.3) is 0 Å². The Balaban J connectivity index is 1.36. The molecule has 7 rings (SSSR count). The van der Waals surface area contributed by atoms with Gasteiger partial charge >= 0.3 is 11.9 Å². The summed E-state index contributed by atoms with van der Waals surface area (Å²) in [6, 6.07) is 0. The van der Waals surface area contributed by atoms with Crippen LogP contribution in [0.2, 0.25) is 0 Å². The highest BCUT2D eigenvalue weighted by atomic mass is 16.6. The van der Waals surface area contributed by atoms with Gasteiger partial charge in [0.25, 0.3) is 0 Å². The first kappa shape index (κ1) is 23.2. The largest absolute Gasteiger partial charge is 0.461 e. The summed E-state index contributed by atoms with van der Waals surface area (Å²) in [6.45, 7) is 13.5. The van der Waals surface area contributed by atoms with Crippen molar-refractivity contribution in [1.82, 2.24) is 0 Å². The summed E-state index contributed by atoms with van der Waals surface area (Å²) in [5.41, 5.74) is 2.58. The molecule has 0 unspecified atom stereocenters. The van der Waals surface area contributed by atoms with Crippen LogP contribution in [0, 0.1) is 40.4 Å². The standard InChI is InChI=1S/C30H38O6/c1-14-7-6-8-34-28(5)12-23-21(11-19(14)28)30(27(33)36-23)13-29-15(2)9-22-18(16(3)26(32)35-22)10-20(29)17(4)24(30)25(29)31/h11,14-15,18,21-25,31H,3,6-10,12-13H2,1-2,4-5H3/t14-,15-,18+,21-,22-,23+,24-,25-,28-,29-,30-/m0/s1. The third-order valence-electron chi connectivity index (χ3n) is 11.7. The molecule has 6 nitrogen and oxygen atoms in total. The van der Waals surface area contributed by atoms with E-state index in [1.54, 1.807) is 0 Å². The fourth-order valence-corrected chi connectivity index (χ4v) is 10.1. The van der Waals surface area contributed by atoms with E-state index >= 15 is 0 Å². The van der Waals surface area contributed by atoms with Crippen LogP contribution in [0.4, 0.5) is 0 Å². The molecule has 7 aliphatic rings. The Labute approximate surface area is 213 Å². The first-order chi connectivity index (χ1) is 17.0. The molecule has 194 valence electrons. The predicted octanol–water partition coefficient (Wildman–Crippen LogP) is 4.27. The molecule has 2 saturated carbocycles. The molecule has 0 aromatic rings. The van der Waals surface area contributed by atoms with Crippen LogP contribution in [0.1, 0.15) is 66.2 Å². The van der Waals surface area contributed by atoms with Crippen molar-refractivity contribution in [3.8, 4) is 0 Å². The molecule has 6 heteroatoms. The topological polar surface area (TPSA) is 82.1 Å². The van der Waals surface area contributed by atoms with Crippen molar-refractivity contribution in [2.24, 2.45) is 40.4 Å². The third-order valence-corrected chi connectivity index (χ3v) is 11.7. The number of rotatable bonds is 0. The number of esters is 2. The number of aliphatic hydroxyl groups is 1. The molecule has 36 heavy (non-hydrogen) atoms. The Morgan fingerprint density at radius 3 is 2.69 bits per heavy atom. The molecule has 2 bridgehead atoms. The Kier molecular flexibility index (Phi) is 4.60. The molecular weight excluding hydrogens is 456 g/mol. The van der Waals surface area contributed by atoms with Gasteiger partial charge in [-0.1, -0.05) is 37.6 Å². The molecule has 0 radical (unpaired) electrons. The van der Waals surface area contributed by atoms with E-state index < -0.39 is 22.5 Å². The molecule has 1 N–H and O–H groups in total. The molecular formula is C30H38O6. The van der Waals surface area contributed by atoms with Crippen LogP contribution in [-0.4, -0.2) is 47.6 Å². The molecule has 0 aromatic heterocycles. The van der Waals surface area contributed by atoms with E-state index in [1.807, 2.05) is 0 Å². The van der Waals surface area contributed by atoms with Gasteiger partial charge in [-0.25, -0.2) is 4.79 Å². The molecule has 3 aliphatic heterocycles. The summed E-state index contributed by atoms with van der Waals surface area (Å²) in [5, 5.41) is 12.1. The molecule has 0 amide bonds. The molecule has 2 spiro atoms. The van der Waals surface area contributed by atoms with Gasteiger partial charge in [0, 0.05) is 41.8 Å². The maximum atomic E-state index is 14.0. The van der Waals surface area contributed by atoms with Gasteiger partial charge in [0.1, 0.15) is 12.2 Å². The number of aliphatic hydroxyl groups excluding tert-OH is 1. The SMILES string of the molecule is C=C1C(=O)O[C@H]2C[C@H](C)[C@@]34C[C@@]5(C(=O)O[C@@H]6C[C@]7(C)OCCC[C@H](C)C7=C[C@@H]65)[C@@H](C(C)=C3C[C@H]12)[C@@H]4O. The second kappa shape index (κ2) is 7.13. The van der Waals surface area contributed by atoms with Gasteiger partial charge in [0.15, 0.2) is 0 Å². The first-order valence-corrected chi connectivity index (χ1v) is 13.9. The molecule has 3 saturated heterocycles. The Morgan fingerprint density at radius 2 is 1.92 bits per heavy atom. The van der Waals surface area contributed by atoms with E-state index in [1.165, 1.54) is 11.1 Å². The van der Waals surface area contributed by atoms with Crippen LogP contribution in [0.15, 0.2) is 34.9 Å². The fourth-order valence-electron chi connectivity index (χ4n) is 10.1. The number of carbonyl (C=O) groups is 2. The van der Waals surface area contributed by atoms with Gasteiger partial charge < -0.3 is 19.3 Å². The number of hydrogen-bond donors (Lipinski definition) is 1. The average molecular weight is 495 g/mol. The Bertz CT molecular complexity index is 1150. The highest BCUT2D eigenvalue weighted by Crippen LogP contribution is 2.75. The van der Waals surface area contributed by atoms with E-state index in [4.69, 9.17) is 14.2 Å². The molecule has 3 heterocycles. The highest BCUT2D eigenvalue weighted by Gasteiger charge is 2.77. The minimum absolute atomic E-state index is 0.0449. The summed E-state index contributed by atoms with van der Waals surface area (Å²) in [4.78, 5) is 26.2. The van der Waals surface area contributed by atoms with E-state index in [0.717, 1.165) is 25.0 Å². The van der Waals surface area contributed by atoms with Gasteiger partial charge in [0.2, 0.25) is 0 Å². The molecule has 4 aliphatic carbocycles. The Hall–Kier alpha value is -1.92. The zero-order valence-electron chi connectivity index (χ0n) is 21.8. The maximum absolute atomic E-state index is 14.0. The monoisotopic (exact) mass is 494 g/mol. The number of fused-ring (bicyclic) bond motifs is 6. The van der Waals surface area contributed by atoms with Gasteiger partial charge in [-0.15, -0.1) is 0 Å². The van der Waals surface area contributed by atoms with Gasteiger partial charge in [-0.2, -0.15) is 0 Å². The fraction of sp³-hybridized carbons (Fsp3) is 0.733. The van der Waals surface area contributed by atoms with Crippen molar-refractivity contribution in [3.05, 3.63) is 34.9 Å². The quantitative estimate of drug-likeness (QED) is 0.308. The van der Waals surface area contributed by atoms with Gasteiger partial charge in [0.05, 0.1) is 17.1 Å². The zero-order valence-corrected chi connectivity index (χ0v) is 21.8. The Morgan fingerprint density at radius 1 is 1.14 bits per heavy atom. The van der Waals surface area contributed by atoms with Crippen LogP contribution >= 0.6 is 0 Å². The summed E-state index contributed by atoms with van der Waals surface area (Å²) < 4.78 is 18.3. The number of hydrogen-bond acceptors (Lipinski definition) is 6. The van der Waals surface area contributed by atoms with E-state index in [0.29, 0.717) is 37.2 Å². The minimum atomic E-state index is -0.751. The summed E-state index contributed by atoms with van der Waals surface area (Å²) in [5.74, 6) is -0.323. The van der Waals surface area contributed by atoms with Crippen LogP contribution < -0.4 is 0 Å². The lowest BCUT2D eigenvalue weighted by Gasteiger charge is -2.45. The van der Waals surface area contributed by atoms with Crippen LogP contribution in [-0.2, 0) is 23.8 Å². The third kappa shape index (κ3) is 2.51. The lowest BCUT2D eigenvalue weighted by atomic mass is 9.56. The molecule has 11 atom stereocenters. The first-order valence-electron chi connectivity index (χ1n) is 13.9.